The van der Waals surface area contributed by atoms with Crippen molar-refractivity contribution < 1.29 is 9.47 Å². The third-order valence-corrected chi connectivity index (χ3v) is 6.69. The average molecular weight is 561 g/mol. The predicted octanol–water partition coefficient (Wildman–Crippen LogP) is 9.25. The molecule has 2 aromatic heterocycles. The van der Waals surface area contributed by atoms with Crippen LogP contribution in [-0.4, -0.2) is 19.5 Å². The van der Waals surface area contributed by atoms with E-state index in [4.69, 9.17) is 9.47 Å². The zero-order chi connectivity index (χ0) is 29.4. The van der Waals surface area contributed by atoms with Crippen molar-refractivity contribution in [1.82, 2.24) is 19.5 Å². The molecular weight excluding hydrogens is 532 g/mol. The molecule has 7 aromatic rings. The lowest BCUT2D eigenvalue weighted by Crippen LogP contribution is -2.01. The SMILES string of the molecule is CC#CC.c1ccc(Oc2nc(Oc3ccccc3)nc(-c3ccc4c(c3)c3ccccc3n4-c3ccccc3)n2)cc1. The lowest BCUT2D eigenvalue weighted by Gasteiger charge is -2.10. The van der Waals surface area contributed by atoms with Gasteiger partial charge in [-0.2, -0.15) is 9.97 Å². The number of hydrogen-bond donors (Lipinski definition) is 0. The maximum Gasteiger partial charge on any atom is 0.328 e. The fourth-order valence-electron chi connectivity index (χ4n) is 4.71. The molecule has 6 nitrogen and oxygen atoms in total. The summed E-state index contributed by atoms with van der Waals surface area (Å²) in [5, 5.41) is 2.25. The Labute approximate surface area is 250 Å². The molecule has 0 aliphatic heterocycles. The van der Waals surface area contributed by atoms with Crippen LogP contribution in [0.15, 0.2) is 133 Å². The molecule has 7 rings (SSSR count). The highest BCUT2D eigenvalue weighted by Gasteiger charge is 2.16. The first kappa shape index (κ1) is 27.3. The summed E-state index contributed by atoms with van der Waals surface area (Å²) < 4.78 is 14.3. The zero-order valence-electron chi connectivity index (χ0n) is 23.8. The van der Waals surface area contributed by atoms with Gasteiger partial charge < -0.3 is 14.0 Å². The van der Waals surface area contributed by atoms with Gasteiger partial charge in [0.1, 0.15) is 11.5 Å². The first-order chi connectivity index (χ1) is 21.2. The first-order valence-corrected chi connectivity index (χ1v) is 13.9. The number of nitrogens with zero attached hydrogens (tertiary/aromatic N) is 4. The van der Waals surface area contributed by atoms with E-state index in [-0.39, 0.29) is 12.0 Å². The molecule has 0 saturated heterocycles. The Kier molecular flexibility index (Phi) is 8.06. The number of benzene rings is 5. The molecule has 0 N–H and O–H groups in total. The van der Waals surface area contributed by atoms with Crippen molar-refractivity contribution in [2.24, 2.45) is 0 Å². The number of para-hydroxylation sites is 4. The molecule has 0 atom stereocenters. The van der Waals surface area contributed by atoms with Crippen molar-refractivity contribution in [3.05, 3.63) is 133 Å². The van der Waals surface area contributed by atoms with Crippen LogP contribution in [-0.2, 0) is 0 Å². The summed E-state index contributed by atoms with van der Waals surface area (Å²) >= 11 is 0. The topological polar surface area (TPSA) is 62.1 Å². The third kappa shape index (κ3) is 6.07. The quantitative estimate of drug-likeness (QED) is 0.190. The van der Waals surface area contributed by atoms with E-state index < -0.39 is 0 Å². The summed E-state index contributed by atoms with van der Waals surface area (Å²) in [6.45, 7) is 3.64. The van der Waals surface area contributed by atoms with Crippen LogP contribution in [0.5, 0.6) is 23.5 Å². The Hall–Kier alpha value is -5.93. The van der Waals surface area contributed by atoms with Gasteiger partial charge in [-0.05, 0) is 74.5 Å². The van der Waals surface area contributed by atoms with E-state index in [1.807, 2.05) is 86.6 Å². The van der Waals surface area contributed by atoms with E-state index >= 15 is 0 Å². The van der Waals surface area contributed by atoms with Crippen molar-refractivity contribution >= 4 is 21.8 Å². The van der Waals surface area contributed by atoms with Crippen LogP contribution in [0.2, 0.25) is 0 Å². The van der Waals surface area contributed by atoms with E-state index in [1.165, 1.54) is 0 Å². The normalized spacial score (nSPS) is 10.4. The molecule has 6 heteroatoms. The number of rotatable bonds is 6. The highest BCUT2D eigenvalue weighted by Crippen LogP contribution is 2.35. The molecule has 5 aromatic carbocycles. The van der Waals surface area contributed by atoms with Crippen molar-refractivity contribution in [3.63, 3.8) is 0 Å². The second kappa shape index (κ2) is 12.7. The molecule has 208 valence electrons. The summed E-state index contributed by atoms with van der Waals surface area (Å²) in [6.07, 6.45) is 0. The van der Waals surface area contributed by atoms with Gasteiger partial charge in [0.2, 0.25) is 0 Å². The zero-order valence-corrected chi connectivity index (χ0v) is 23.8. The maximum atomic E-state index is 5.99. The van der Waals surface area contributed by atoms with Gasteiger partial charge in [0.25, 0.3) is 0 Å². The molecule has 0 bridgehead atoms. The summed E-state index contributed by atoms with van der Waals surface area (Å²) in [4.78, 5) is 13.8. The maximum absolute atomic E-state index is 5.99. The van der Waals surface area contributed by atoms with Crippen LogP contribution in [0.1, 0.15) is 13.8 Å². The number of ether oxygens (including phenoxy) is 2. The molecule has 0 radical (unpaired) electrons. The van der Waals surface area contributed by atoms with E-state index in [0.29, 0.717) is 17.3 Å². The highest BCUT2D eigenvalue weighted by atomic mass is 16.5. The molecule has 0 saturated carbocycles. The average Bonchev–Trinajstić information content (AvgIpc) is 3.40. The van der Waals surface area contributed by atoms with E-state index in [0.717, 1.165) is 33.1 Å². The minimum absolute atomic E-state index is 0.156. The Balaban J connectivity index is 0.000000777. The standard InChI is InChI=1S/C33H22N4O2.C4H6/c1-4-12-24(13-5-1)37-29-19-11-10-18-27(29)28-22-23(20-21-30(28)37)31-34-32(38-25-14-6-2-7-15-25)36-33(35-31)39-26-16-8-3-9-17-26;1-3-4-2/h1-22H;1-2H3. The van der Waals surface area contributed by atoms with Crippen molar-refractivity contribution in [3.8, 4) is 52.4 Å². The third-order valence-electron chi connectivity index (χ3n) is 6.69. The fraction of sp³-hybridized carbons (Fsp3) is 0.0541. The summed E-state index contributed by atoms with van der Waals surface area (Å²) in [6, 6.07) is 44.2. The number of hydrogen-bond acceptors (Lipinski definition) is 5. The van der Waals surface area contributed by atoms with E-state index in [1.54, 1.807) is 0 Å². The second-order valence-corrected chi connectivity index (χ2v) is 9.47. The van der Waals surface area contributed by atoms with Crippen LogP contribution in [0, 0.1) is 11.8 Å². The minimum atomic E-state index is 0.156. The van der Waals surface area contributed by atoms with Crippen LogP contribution in [0.4, 0.5) is 0 Å². The Morgan fingerprint density at radius 2 is 1.02 bits per heavy atom. The molecular formula is C37H28N4O2. The van der Waals surface area contributed by atoms with Gasteiger partial charge in [-0.25, -0.2) is 0 Å². The molecule has 0 spiro atoms. The van der Waals surface area contributed by atoms with E-state index in [2.05, 4.69) is 92.0 Å². The van der Waals surface area contributed by atoms with Gasteiger partial charge >= 0.3 is 12.0 Å². The number of fused-ring (bicyclic) bond motifs is 3. The molecule has 0 fully saturated rings. The minimum Gasteiger partial charge on any atom is -0.424 e. The van der Waals surface area contributed by atoms with Gasteiger partial charge in [-0.1, -0.05) is 72.8 Å². The van der Waals surface area contributed by atoms with Gasteiger partial charge in [0, 0.05) is 22.0 Å². The van der Waals surface area contributed by atoms with Crippen molar-refractivity contribution in [1.29, 1.82) is 0 Å². The molecule has 0 aliphatic carbocycles. The van der Waals surface area contributed by atoms with Gasteiger partial charge in [-0.3, -0.25) is 0 Å². The molecule has 0 amide bonds. The lowest BCUT2D eigenvalue weighted by atomic mass is 10.1. The van der Waals surface area contributed by atoms with Gasteiger partial charge in [-0.15, -0.1) is 16.8 Å². The summed E-state index contributed by atoms with van der Waals surface area (Å²) in [5.74, 6) is 7.07. The number of aromatic nitrogens is 4. The van der Waals surface area contributed by atoms with Crippen LogP contribution >= 0.6 is 0 Å². The Bertz CT molecular complexity index is 1980. The van der Waals surface area contributed by atoms with Crippen LogP contribution < -0.4 is 9.47 Å². The van der Waals surface area contributed by atoms with Crippen molar-refractivity contribution in [2.75, 3.05) is 0 Å². The Morgan fingerprint density at radius 3 is 1.60 bits per heavy atom. The van der Waals surface area contributed by atoms with E-state index in [9.17, 15) is 0 Å². The first-order valence-electron chi connectivity index (χ1n) is 13.9. The second-order valence-electron chi connectivity index (χ2n) is 9.47. The molecule has 0 unspecified atom stereocenters. The van der Waals surface area contributed by atoms with Gasteiger partial charge in [0.15, 0.2) is 5.82 Å². The summed E-state index contributed by atoms with van der Waals surface area (Å²) in [7, 11) is 0. The molecule has 0 aliphatic rings. The summed E-state index contributed by atoms with van der Waals surface area (Å²) in [5.41, 5.74) is 4.17. The monoisotopic (exact) mass is 560 g/mol. The highest BCUT2D eigenvalue weighted by molar-refractivity contribution is 6.10. The smallest absolute Gasteiger partial charge is 0.328 e. The van der Waals surface area contributed by atoms with Gasteiger partial charge in [0.05, 0.1) is 11.0 Å². The molecule has 2 heterocycles. The predicted molar refractivity (Wildman–Crippen MR) is 172 cm³/mol. The lowest BCUT2D eigenvalue weighted by molar-refractivity contribution is 0.398. The fourth-order valence-corrected chi connectivity index (χ4v) is 4.71. The van der Waals surface area contributed by atoms with Crippen LogP contribution in [0.3, 0.4) is 0 Å². The van der Waals surface area contributed by atoms with Crippen molar-refractivity contribution in [2.45, 2.75) is 13.8 Å². The molecule has 43 heavy (non-hydrogen) atoms. The Morgan fingerprint density at radius 1 is 0.512 bits per heavy atom. The van der Waals surface area contributed by atoms with Crippen LogP contribution in [0.25, 0.3) is 38.9 Å². The largest absolute Gasteiger partial charge is 0.424 e.